The largest absolute Gasteiger partial charge is 0.0984 e. The van der Waals surface area contributed by atoms with Crippen LogP contribution in [0, 0.1) is 20.8 Å². The first-order valence-corrected chi connectivity index (χ1v) is 6.59. The zero-order valence-electron chi connectivity index (χ0n) is 11.9. The van der Waals surface area contributed by atoms with Gasteiger partial charge in [-0.1, -0.05) is 66.8 Å². The van der Waals surface area contributed by atoms with E-state index in [0.717, 1.165) is 0 Å². The van der Waals surface area contributed by atoms with E-state index in [1.807, 2.05) is 12.1 Å². The van der Waals surface area contributed by atoms with Crippen molar-refractivity contribution in [2.24, 2.45) is 0 Å². The summed E-state index contributed by atoms with van der Waals surface area (Å²) < 4.78 is 0. The van der Waals surface area contributed by atoms with E-state index in [-0.39, 0.29) is 0 Å². The van der Waals surface area contributed by atoms with Crippen LogP contribution in [0.5, 0.6) is 0 Å². The van der Waals surface area contributed by atoms with Crippen LogP contribution in [0.4, 0.5) is 0 Å². The van der Waals surface area contributed by atoms with Gasteiger partial charge in [0.05, 0.1) is 0 Å². The van der Waals surface area contributed by atoms with Gasteiger partial charge in [-0.15, -0.1) is 0 Å². The van der Waals surface area contributed by atoms with Crippen molar-refractivity contribution < 1.29 is 0 Å². The second kappa shape index (κ2) is 5.71. The molecule has 0 fully saturated rings. The van der Waals surface area contributed by atoms with Gasteiger partial charge in [-0.05, 0) is 48.6 Å². The summed E-state index contributed by atoms with van der Waals surface area (Å²) in [6.07, 6.45) is 6.27. The molecule has 0 N–H and O–H groups in total. The summed E-state index contributed by atoms with van der Waals surface area (Å²) in [5.41, 5.74) is 7.65. The topological polar surface area (TPSA) is 0 Å². The lowest BCUT2D eigenvalue weighted by atomic mass is 9.98. The van der Waals surface area contributed by atoms with Crippen molar-refractivity contribution in [3.63, 3.8) is 0 Å². The third-order valence-corrected chi connectivity index (χ3v) is 3.38. The van der Waals surface area contributed by atoms with Crippen molar-refractivity contribution in [3.05, 3.63) is 76.4 Å². The molecule has 0 aliphatic heterocycles. The lowest BCUT2D eigenvalue weighted by Gasteiger charge is -2.07. The minimum atomic E-state index is 1.17. The van der Waals surface area contributed by atoms with Gasteiger partial charge in [0.1, 0.15) is 0 Å². The molecule has 19 heavy (non-hydrogen) atoms. The van der Waals surface area contributed by atoms with E-state index < -0.39 is 0 Å². The quantitative estimate of drug-likeness (QED) is 0.636. The fourth-order valence-corrected chi connectivity index (χ4v) is 2.48. The minimum Gasteiger partial charge on any atom is -0.0984 e. The molecule has 0 saturated carbocycles. The molecule has 2 rings (SSSR count). The first-order valence-electron chi connectivity index (χ1n) is 6.59. The Bertz CT molecular complexity index is 607. The lowest BCUT2D eigenvalue weighted by molar-refractivity contribution is 1.30. The SMILES string of the molecule is C=Cc1ccccc1/C=C\c1c(C)cc(C)cc1C. The van der Waals surface area contributed by atoms with Gasteiger partial charge in [-0.3, -0.25) is 0 Å². The molecular weight excluding hydrogens is 228 g/mol. The summed E-state index contributed by atoms with van der Waals surface area (Å²) in [5.74, 6) is 0. The average molecular weight is 248 g/mol. The maximum Gasteiger partial charge on any atom is -0.0184 e. The molecule has 0 aliphatic carbocycles. The van der Waals surface area contributed by atoms with E-state index >= 15 is 0 Å². The van der Waals surface area contributed by atoms with Crippen molar-refractivity contribution in [2.45, 2.75) is 20.8 Å². The van der Waals surface area contributed by atoms with Crippen molar-refractivity contribution in [2.75, 3.05) is 0 Å². The first-order chi connectivity index (χ1) is 9.11. The summed E-state index contributed by atoms with van der Waals surface area (Å²) in [7, 11) is 0. The molecule has 0 nitrogen and oxygen atoms in total. The fraction of sp³-hybridized carbons (Fsp3) is 0.158. The lowest BCUT2D eigenvalue weighted by Crippen LogP contribution is -1.88. The van der Waals surface area contributed by atoms with Crippen molar-refractivity contribution in [3.8, 4) is 0 Å². The molecule has 0 bridgehead atoms. The average Bonchev–Trinajstić information content (AvgIpc) is 2.38. The van der Waals surface area contributed by atoms with Gasteiger partial charge in [0.15, 0.2) is 0 Å². The predicted molar refractivity (Wildman–Crippen MR) is 86.1 cm³/mol. The number of rotatable bonds is 3. The van der Waals surface area contributed by atoms with Crippen LogP contribution in [0.2, 0.25) is 0 Å². The Morgan fingerprint density at radius 3 is 2.00 bits per heavy atom. The van der Waals surface area contributed by atoms with Gasteiger partial charge < -0.3 is 0 Å². The molecule has 0 unspecified atom stereocenters. The monoisotopic (exact) mass is 248 g/mol. The van der Waals surface area contributed by atoms with E-state index in [2.05, 4.69) is 69.8 Å². The maximum atomic E-state index is 3.86. The highest BCUT2D eigenvalue weighted by Gasteiger charge is 2.00. The smallest absolute Gasteiger partial charge is 0.0184 e. The van der Waals surface area contributed by atoms with Crippen molar-refractivity contribution in [1.82, 2.24) is 0 Å². The maximum absolute atomic E-state index is 3.86. The molecule has 2 aromatic carbocycles. The number of aryl methyl sites for hydroxylation is 3. The summed E-state index contributed by atoms with van der Waals surface area (Å²) in [5, 5.41) is 0. The van der Waals surface area contributed by atoms with E-state index in [0.29, 0.717) is 0 Å². The third kappa shape index (κ3) is 3.03. The van der Waals surface area contributed by atoms with Gasteiger partial charge in [0.2, 0.25) is 0 Å². The van der Waals surface area contributed by atoms with Crippen LogP contribution in [-0.4, -0.2) is 0 Å². The van der Waals surface area contributed by atoms with Crippen LogP contribution in [0.1, 0.15) is 33.4 Å². The molecule has 0 spiro atoms. The summed E-state index contributed by atoms with van der Waals surface area (Å²) in [4.78, 5) is 0. The molecule has 0 amide bonds. The van der Waals surface area contributed by atoms with E-state index in [1.54, 1.807) is 0 Å². The molecule has 0 radical (unpaired) electrons. The molecule has 0 heteroatoms. The predicted octanol–water partition coefficient (Wildman–Crippen LogP) is 5.43. The second-order valence-electron chi connectivity index (χ2n) is 4.98. The third-order valence-electron chi connectivity index (χ3n) is 3.38. The molecule has 0 heterocycles. The highest BCUT2D eigenvalue weighted by Crippen LogP contribution is 2.20. The van der Waals surface area contributed by atoms with Crippen molar-refractivity contribution in [1.29, 1.82) is 0 Å². The first kappa shape index (κ1) is 13.4. The number of hydrogen-bond acceptors (Lipinski definition) is 0. The van der Waals surface area contributed by atoms with Gasteiger partial charge in [-0.25, -0.2) is 0 Å². The van der Waals surface area contributed by atoms with Gasteiger partial charge in [0, 0.05) is 0 Å². The molecule has 96 valence electrons. The molecule has 0 aromatic heterocycles. The van der Waals surface area contributed by atoms with Crippen LogP contribution in [0.15, 0.2) is 43.0 Å². The Balaban J connectivity index is 2.41. The summed E-state index contributed by atoms with van der Waals surface area (Å²) in [6.45, 7) is 10.3. The van der Waals surface area contributed by atoms with Crippen LogP contribution in [-0.2, 0) is 0 Å². The van der Waals surface area contributed by atoms with Crippen LogP contribution >= 0.6 is 0 Å². The van der Waals surface area contributed by atoms with Gasteiger partial charge in [0.25, 0.3) is 0 Å². The van der Waals surface area contributed by atoms with Gasteiger partial charge >= 0.3 is 0 Å². The fourth-order valence-electron chi connectivity index (χ4n) is 2.48. The van der Waals surface area contributed by atoms with Crippen LogP contribution in [0.25, 0.3) is 18.2 Å². The normalized spacial score (nSPS) is 10.9. The Morgan fingerprint density at radius 1 is 0.842 bits per heavy atom. The molecule has 0 aliphatic rings. The summed E-state index contributed by atoms with van der Waals surface area (Å²) >= 11 is 0. The standard InChI is InChI=1S/C19H20/c1-5-17-8-6-7-9-18(17)10-11-19-15(3)12-14(2)13-16(19)4/h5-13H,1H2,2-4H3/b11-10-. The van der Waals surface area contributed by atoms with Crippen LogP contribution < -0.4 is 0 Å². The zero-order chi connectivity index (χ0) is 13.8. The highest BCUT2D eigenvalue weighted by molar-refractivity contribution is 5.76. The Hall–Kier alpha value is -2.08. The highest BCUT2D eigenvalue weighted by atomic mass is 14.1. The van der Waals surface area contributed by atoms with E-state index in [1.165, 1.54) is 33.4 Å². The number of hydrogen-bond donors (Lipinski definition) is 0. The summed E-state index contributed by atoms with van der Waals surface area (Å²) in [6, 6.07) is 12.8. The molecular formula is C19H20. The Morgan fingerprint density at radius 2 is 1.42 bits per heavy atom. The van der Waals surface area contributed by atoms with E-state index in [9.17, 15) is 0 Å². The van der Waals surface area contributed by atoms with E-state index in [4.69, 9.17) is 0 Å². The molecule has 0 atom stereocenters. The van der Waals surface area contributed by atoms with Crippen molar-refractivity contribution >= 4 is 18.2 Å². The Kier molecular flexibility index (Phi) is 4.01. The Labute approximate surface area is 116 Å². The van der Waals surface area contributed by atoms with Gasteiger partial charge in [-0.2, -0.15) is 0 Å². The molecule has 0 saturated heterocycles. The zero-order valence-corrected chi connectivity index (χ0v) is 11.9. The van der Waals surface area contributed by atoms with Crippen LogP contribution in [0.3, 0.4) is 0 Å². The molecule has 2 aromatic rings. The second-order valence-corrected chi connectivity index (χ2v) is 4.98. The number of benzene rings is 2. The minimum absolute atomic E-state index is 1.17.